The highest BCUT2D eigenvalue weighted by Crippen LogP contribution is 2.60. The molecule has 6 rings (SSSR count). The van der Waals surface area contributed by atoms with Crippen molar-refractivity contribution in [2.75, 3.05) is 0 Å². The van der Waals surface area contributed by atoms with Gasteiger partial charge in [0.05, 0.1) is 11.1 Å². The smallest absolute Gasteiger partial charge is 0.336 e. The predicted octanol–water partition coefficient (Wildman–Crippen LogP) is 4.78. The maximum Gasteiger partial charge on any atom is 0.336 e. The van der Waals surface area contributed by atoms with Gasteiger partial charge in [-0.2, -0.15) is 0 Å². The lowest BCUT2D eigenvalue weighted by molar-refractivity contribution is -0.00314. The van der Waals surface area contributed by atoms with E-state index in [9.17, 15) is 19.8 Å². The van der Waals surface area contributed by atoms with E-state index in [0.29, 0.717) is 28.2 Å². The second kappa shape index (κ2) is 5.57. The second-order valence-electron chi connectivity index (χ2n) is 8.50. The molecular formula is C22H22O4. The Kier molecular flexibility index (Phi) is 3.40. The second-order valence-corrected chi connectivity index (χ2v) is 8.50. The minimum atomic E-state index is -0.983. The Labute approximate surface area is 151 Å². The van der Waals surface area contributed by atoms with Gasteiger partial charge in [-0.3, -0.25) is 0 Å². The molecule has 0 amide bonds. The molecule has 0 aromatic heterocycles. The van der Waals surface area contributed by atoms with Crippen molar-refractivity contribution in [2.24, 2.45) is 23.7 Å². The topological polar surface area (TPSA) is 74.6 Å². The van der Waals surface area contributed by atoms with Gasteiger partial charge in [-0.15, -0.1) is 0 Å². The Morgan fingerprint density at radius 2 is 1.38 bits per heavy atom. The van der Waals surface area contributed by atoms with Crippen molar-refractivity contribution in [3.8, 4) is 0 Å². The lowest BCUT2D eigenvalue weighted by atomic mass is 9.50. The highest BCUT2D eigenvalue weighted by atomic mass is 16.4. The molecule has 0 aliphatic heterocycles. The lowest BCUT2D eigenvalue weighted by Gasteiger charge is -2.55. The summed E-state index contributed by atoms with van der Waals surface area (Å²) < 4.78 is 0. The van der Waals surface area contributed by atoms with E-state index in [0.717, 1.165) is 17.4 Å². The van der Waals surface area contributed by atoms with Gasteiger partial charge in [0.1, 0.15) is 0 Å². The molecule has 2 N–H and O–H groups in total. The van der Waals surface area contributed by atoms with Crippen LogP contribution in [0, 0.1) is 23.7 Å². The Morgan fingerprint density at radius 1 is 0.808 bits per heavy atom. The molecule has 4 heteroatoms. The van der Waals surface area contributed by atoms with E-state index in [4.69, 9.17) is 0 Å². The maximum absolute atomic E-state index is 12.2. The summed E-state index contributed by atoms with van der Waals surface area (Å²) in [6, 6.07) is 8.71. The molecule has 2 aromatic carbocycles. The normalized spacial score (nSPS) is 32.1. The molecule has 0 unspecified atom stereocenters. The van der Waals surface area contributed by atoms with Crippen LogP contribution in [0.3, 0.4) is 0 Å². The van der Waals surface area contributed by atoms with Gasteiger partial charge in [0.25, 0.3) is 0 Å². The van der Waals surface area contributed by atoms with E-state index in [-0.39, 0.29) is 11.5 Å². The summed E-state index contributed by atoms with van der Waals surface area (Å²) in [5.74, 6) is 0.865. The first-order chi connectivity index (χ1) is 12.5. The zero-order valence-corrected chi connectivity index (χ0v) is 14.5. The first-order valence-corrected chi connectivity index (χ1v) is 9.55. The van der Waals surface area contributed by atoms with Crippen LogP contribution < -0.4 is 0 Å². The third-order valence-corrected chi connectivity index (χ3v) is 7.11. The van der Waals surface area contributed by atoms with E-state index >= 15 is 0 Å². The van der Waals surface area contributed by atoms with Crippen LogP contribution in [0.25, 0.3) is 10.8 Å². The lowest BCUT2D eigenvalue weighted by Crippen LogP contribution is -2.44. The van der Waals surface area contributed by atoms with Crippen LogP contribution in [0.4, 0.5) is 0 Å². The summed E-state index contributed by atoms with van der Waals surface area (Å²) in [5.41, 5.74) is 1.32. The molecule has 26 heavy (non-hydrogen) atoms. The standard InChI is InChI=1S/C22H22O4/c23-21(24)17-10-18(20(22(25)26)16-4-2-1-3-15(16)17)19-13-6-11-5-12(8-13)9-14(19)7-11/h1-4,10-14,19H,5-9H2,(H,23,24)(H,25,26). The van der Waals surface area contributed by atoms with Gasteiger partial charge in [0.15, 0.2) is 0 Å². The number of hydrogen-bond donors (Lipinski definition) is 2. The van der Waals surface area contributed by atoms with Crippen LogP contribution in [-0.4, -0.2) is 22.2 Å². The van der Waals surface area contributed by atoms with Crippen molar-refractivity contribution in [3.05, 3.63) is 47.0 Å². The number of carboxylic acid groups (broad SMARTS) is 2. The number of hydrogen-bond acceptors (Lipinski definition) is 2. The fourth-order valence-electron chi connectivity index (χ4n) is 6.51. The molecular weight excluding hydrogens is 328 g/mol. The number of fused-ring (bicyclic) bond motifs is 1. The summed E-state index contributed by atoms with van der Waals surface area (Å²) in [4.78, 5) is 24.1. The highest BCUT2D eigenvalue weighted by Gasteiger charge is 2.49. The van der Waals surface area contributed by atoms with Gasteiger partial charge >= 0.3 is 11.9 Å². The molecule has 134 valence electrons. The zero-order chi connectivity index (χ0) is 18.0. The first-order valence-electron chi connectivity index (χ1n) is 9.55. The number of aromatic carboxylic acids is 2. The molecule has 0 saturated heterocycles. The average molecular weight is 350 g/mol. The van der Waals surface area contributed by atoms with Crippen LogP contribution in [0.1, 0.15) is 64.3 Å². The molecule has 0 heterocycles. The molecule has 4 fully saturated rings. The van der Waals surface area contributed by atoms with Crippen molar-refractivity contribution in [1.82, 2.24) is 0 Å². The maximum atomic E-state index is 12.2. The number of carbonyl (C=O) groups is 2. The largest absolute Gasteiger partial charge is 0.478 e. The fourth-order valence-corrected chi connectivity index (χ4v) is 6.51. The van der Waals surface area contributed by atoms with Crippen LogP contribution in [0.5, 0.6) is 0 Å². The van der Waals surface area contributed by atoms with Crippen LogP contribution in [0.2, 0.25) is 0 Å². The summed E-state index contributed by atoms with van der Waals surface area (Å²) >= 11 is 0. The van der Waals surface area contributed by atoms with E-state index in [1.165, 1.54) is 32.1 Å². The van der Waals surface area contributed by atoms with Gasteiger partial charge in [0, 0.05) is 0 Å². The Balaban J connectivity index is 1.76. The predicted molar refractivity (Wildman–Crippen MR) is 97.7 cm³/mol. The first kappa shape index (κ1) is 15.9. The highest BCUT2D eigenvalue weighted by molar-refractivity contribution is 6.12. The summed E-state index contributed by atoms with van der Waals surface area (Å²) in [5, 5.41) is 20.8. The Bertz CT molecular complexity index is 901. The molecule has 4 nitrogen and oxygen atoms in total. The summed E-state index contributed by atoms with van der Waals surface area (Å²) in [7, 11) is 0. The van der Waals surface area contributed by atoms with Crippen LogP contribution >= 0.6 is 0 Å². The minimum Gasteiger partial charge on any atom is -0.478 e. The van der Waals surface area contributed by atoms with E-state index in [1.54, 1.807) is 30.3 Å². The van der Waals surface area contributed by atoms with Crippen molar-refractivity contribution in [2.45, 2.75) is 38.0 Å². The fraction of sp³-hybridized carbons (Fsp3) is 0.455. The van der Waals surface area contributed by atoms with E-state index in [2.05, 4.69) is 0 Å². The quantitative estimate of drug-likeness (QED) is 0.836. The van der Waals surface area contributed by atoms with Gasteiger partial charge in [0.2, 0.25) is 0 Å². The molecule has 0 atom stereocenters. The van der Waals surface area contributed by atoms with Crippen molar-refractivity contribution < 1.29 is 19.8 Å². The SMILES string of the molecule is O=C(O)c1cc(C2C3CC4CC(C3)CC2C4)c(C(=O)O)c2ccccc12. The Hall–Kier alpha value is -2.36. The van der Waals surface area contributed by atoms with Gasteiger partial charge < -0.3 is 10.2 Å². The van der Waals surface area contributed by atoms with Crippen LogP contribution in [0.15, 0.2) is 30.3 Å². The van der Waals surface area contributed by atoms with Crippen molar-refractivity contribution in [3.63, 3.8) is 0 Å². The van der Waals surface area contributed by atoms with Crippen LogP contribution in [-0.2, 0) is 0 Å². The molecule has 4 aliphatic rings. The van der Waals surface area contributed by atoms with Crippen molar-refractivity contribution in [1.29, 1.82) is 0 Å². The van der Waals surface area contributed by atoms with Gasteiger partial charge in [-0.25, -0.2) is 9.59 Å². The number of carboxylic acids is 2. The Morgan fingerprint density at radius 3 is 1.92 bits per heavy atom. The third kappa shape index (κ3) is 2.21. The molecule has 0 radical (unpaired) electrons. The van der Waals surface area contributed by atoms with E-state index < -0.39 is 11.9 Å². The summed E-state index contributed by atoms with van der Waals surface area (Å²) in [6.45, 7) is 0. The third-order valence-electron chi connectivity index (χ3n) is 7.11. The van der Waals surface area contributed by atoms with Crippen molar-refractivity contribution >= 4 is 22.7 Å². The van der Waals surface area contributed by atoms with Gasteiger partial charge in [-0.05, 0) is 84.1 Å². The molecule has 2 aromatic rings. The molecule has 0 spiro atoms. The average Bonchev–Trinajstić information content (AvgIpc) is 2.59. The monoisotopic (exact) mass is 350 g/mol. The minimum absolute atomic E-state index is 0.191. The van der Waals surface area contributed by atoms with Gasteiger partial charge in [-0.1, -0.05) is 24.3 Å². The molecule has 4 bridgehead atoms. The molecule has 4 saturated carbocycles. The summed E-state index contributed by atoms with van der Waals surface area (Å²) in [6.07, 6.45) is 6.03. The number of benzene rings is 2. The number of rotatable bonds is 3. The molecule has 4 aliphatic carbocycles. The zero-order valence-electron chi connectivity index (χ0n) is 14.5. The van der Waals surface area contributed by atoms with E-state index in [1.807, 2.05) is 0 Å².